The van der Waals surface area contributed by atoms with Crippen LogP contribution in [0.3, 0.4) is 0 Å². The van der Waals surface area contributed by atoms with Crippen molar-refractivity contribution in [3.63, 3.8) is 0 Å². The molecule has 2 aromatic rings. The van der Waals surface area contributed by atoms with Crippen molar-refractivity contribution in [2.75, 3.05) is 31.2 Å². The number of rotatable bonds is 2. The maximum absolute atomic E-state index is 5.42. The van der Waals surface area contributed by atoms with Crippen molar-refractivity contribution >= 4 is 21.6 Å². The average molecular weight is 318 g/mol. The second-order valence-electron chi connectivity index (χ2n) is 4.37. The summed E-state index contributed by atoms with van der Waals surface area (Å²) in [5.74, 6) is 0. The molecule has 1 aromatic heterocycles. The average Bonchev–Trinajstić information content (AvgIpc) is 2.49. The smallest absolute Gasteiger partial charge is 0.114 e. The van der Waals surface area contributed by atoms with Gasteiger partial charge in [-0.2, -0.15) is 0 Å². The molecule has 3 rings (SSSR count). The lowest BCUT2D eigenvalue weighted by atomic mass is 10.0. The quantitative estimate of drug-likeness (QED) is 0.796. The summed E-state index contributed by atoms with van der Waals surface area (Å²) in [6.07, 6.45) is 1.74. The number of benzene rings is 1. The van der Waals surface area contributed by atoms with E-state index in [-0.39, 0.29) is 0 Å². The van der Waals surface area contributed by atoms with E-state index in [4.69, 9.17) is 4.74 Å². The summed E-state index contributed by atoms with van der Waals surface area (Å²) in [5.41, 5.74) is 3.38. The fourth-order valence-corrected chi connectivity index (χ4v) is 2.75. The van der Waals surface area contributed by atoms with Crippen LogP contribution in [0.2, 0.25) is 0 Å². The lowest BCUT2D eigenvalue weighted by molar-refractivity contribution is 0.123. The first-order valence-corrected chi connectivity index (χ1v) is 7.10. The van der Waals surface area contributed by atoms with Crippen LogP contribution in [0.4, 0.5) is 5.69 Å². The van der Waals surface area contributed by atoms with E-state index in [1.165, 1.54) is 5.69 Å². The van der Waals surface area contributed by atoms with Gasteiger partial charge in [-0.25, -0.2) is 4.98 Å². The van der Waals surface area contributed by atoms with Gasteiger partial charge in [0.05, 0.1) is 13.2 Å². The van der Waals surface area contributed by atoms with Gasteiger partial charge in [-0.05, 0) is 34.1 Å². The van der Waals surface area contributed by atoms with E-state index < -0.39 is 0 Å². The van der Waals surface area contributed by atoms with Crippen LogP contribution in [-0.2, 0) is 4.74 Å². The van der Waals surface area contributed by atoms with Crippen LogP contribution in [0.5, 0.6) is 0 Å². The van der Waals surface area contributed by atoms with Crippen LogP contribution in [0.15, 0.2) is 41.1 Å². The van der Waals surface area contributed by atoms with Crippen LogP contribution in [0, 0.1) is 6.07 Å². The Morgan fingerprint density at radius 2 is 2.00 bits per heavy atom. The second-order valence-corrected chi connectivity index (χ2v) is 5.12. The van der Waals surface area contributed by atoms with Gasteiger partial charge >= 0.3 is 0 Å². The molecule has 1 aliphatic rings. The molecule has 0 spiro atoms. The third-order valence-electron chi connectivity index (χ3n) is 3.22. The van der Waals surface area contributed by atoms with Crippen molar-refractivity contribution in [2.24, 2.45) is 0 Å². The standard InChI is InChI=1S/C15H14BrN2O/c16-15-13(5-3-7-17-15)12-4-1-2-6-14(12)18-8-10-19-11-9-18/h1-4,6-7H,8-11H2. The van der Waals surface area contributed by atoms with E-state index in [0.29, 0.717) is 0 Å². The van der Waals surface area contributed by atoms with Crippen LogP contribution in [0.1, 0.15) is 0 Å². The molecule has 0 N–H and O–H groups in total. The van der Waals surface area contributed by atoms with Gasteiger partial charge in [-0.15, -0.1) is 0 Å². The molecule has 19 heavy (non-hydrogen) atoms. The van der Waals surface area contributed by atoms with Crippen molar-refractivity contribution in [1.29, 1.82) is 0 Å². The maximum atomic E-state index is 5.42. The van der Waals surface area contributed by atoms with Crippen LogP contribution >= 0.6 is 15.9 Å². The first-order chi connectivity index (χ1) is 9.36. The van der Waals surface area contributed by atoms with Crippen LogP contribution in [-0.4, -0.2) is 31.3 Å². The third kappa shape index (κ3) is 2.65. The summed E-state index contributed by atoms with van der Waals surface area (Å²) in [7, 11) is 0. The first-order valence-electron chi connectivity index (χ1n) is 6.30. The molecular formula is C15H14BrN2O. The summed E-state index contributed by atoms with van der Waals surface area (Å²) >= 11 is 3.51. The van der Waals surface area contributed by atoms with Gasteiger partial charge in [-0.1, -0.05) is 18.2 Å². The van der Waals surface area contributed by atoms with E-state index in [0.717, 1.165) is 42.0 Å². The highest BCUT2D eigenvalue weighted by molar-refractivity contribution is 9.10. The number of aromatic nitrogens is 1. The summed E-state index contributed by atoms with van der Waals surface area (Å²) in [6, 6.07) is 13.5. The largest absolute Gasteiger partial charge is 0.378 e. The molecule has 1 saturated heterocycles. The minimum Gasteiger partial charge on any atom is -0.378 e. The molecule has 4 heteroatoms. The molecular weight excluding hydrogens is 304 g/mol. The fraction of sp³-hybridized carbons (Fsp3) is 0.267. The molecule has 0 amide bonds. The number of pyridine rings is 1. The highest BCUT2D eigenvalue weighted by atomic mass is 79.9. The number of anilines is 1. The Kier molecular flexibility index (Phi) is 3.80. The van der Waals surface area contributed by atoms with Crippen molar-refractivity contribution < 1.29 is 4.74 Å². The number of hydrogen-bond donors (Lipinski definition) is 0. The summed E-state index contributed by atoms with van der Waals surface area (Å²) in [6.45, 7) is 3.42. The lowest BCUT2D eigenvalue weighted by Gasteiger charge is -2.30. The van der Waals surface area contributed by atoms with Crippen molar-refractivity contribution in [1.82, 2.24) is 4.98 Å². The molecule has 97 valence electrons. The number of morpholine rings is 1. The molecule has 1 aliphatic heterocycles. The van der Waals surface area contributed by atoms with Crippen molar-refractivity contribution in [3.05, 3.63) is 47.2 Å². The second kappa shape index (κ2) is 5.72. The number of nitrogens with zero attached hydrogens (tertiary/aromatic N) is 2. The van der Waals surface area contributed by atoms with Gasteiger partial charge in [0.1, 0.15) is 4.60 Å². The van der Waals surface area contributed by atoms with E-state index in [1.54, 1.807) is 6.20 Å². The third-order valence-corrected chi connectivity index (χ3v) is 3.82. The van der Waals surface area contributed by atoms with Gasteiger partial charge in [0, 0.05) is 36.1 Å². The number of hydrogen-bond acceptors (Lipinski definition) is 3. The van der Waals surface area contributed by atoms with Gasteiger partial charge in [0.15, 0.2) is 0 Å². The molecule has 1 fully saturated rings. The molecule has 0 unspecified atom stereocenters. The zero-order chi connectivity index (χ0) is 13.1. The van der Waals surface area contributed by atoms with Gasteiger partial charge in [-0.3, -0.25) is 0 Å². The minimum absolute atomic E-state index is 0.784. The molecule has 1 aromatic carbocycles. The van der Waals surface area contributed by atoms with E-state index in [1.807, 2.05) is 12.1 Å². The lowest BCUT2D eigenvalue weighted by Crippen LogP contribution is -2.36. The van der Waals surface area contributed by atoms with Crippen LogP contribution < -0.4 is 4.90 Å². The van der Waals surface area contributed by atoms with Crippen molar-refractivity contribution in [3.8, 4) is 11.1 Å². The fourth-order valence-electron chi connectivity index (χ4n) is 2.30. The maximum Gasteiger partial charge on any atom is 0.114 e. The Hall–Kier alpha value is -1.39. The Morgan fingerprint density at radius 3 is 2.79 bits per heavy atom. The van der Waals surface area contributed by atoms with Gasteiger partial charge < -0.3 is 9.64 Å². The highest BCUT2D eigenvalue weighted by Gasteiger charge is 2.16. The summed E-state index contributed by atoms with van der Waals surface area (Å²) in [4.78, 5) is 6.64. The highest BCUT2D eigenvalue weighted by Crippen LogP contribution is 2.34. The Bertz CT molecular complexity index is 568. The number of halogens is 1. The predicted molar refractivity (Wildman–Crippen MR) is 79.2 cm³/mol. The summed E-state index contributed by atoms with van der Waals surface area (Å²) < 4.78 is 6.25. The van der Waals surface area contributed by atoms with E-state index >= 15 is 0 Å². The Balaban J connectivity index is 2.04. The topological polar surface area (TPSA) is 25.4 Å². The monoisotopic (exact) mass is 317 g/mol. The molecule has 0 aliphatic carbocycles. The van der Waals surface area contributed by atoms with Gasteiger partial charge in [0.2, 0.25) is 0 Å². The molecule has 0 bridgehead atoms. The van der Waals surface area contributed by atoms with E-state index in [9.17, 15) is 0 Å². The Morgan fingerprint density at radius 1 is 1.21 bits per heavy atom. The summed E-state index contributed by atoms with van der Waals surface area (Å²) in [5, 5.41) is 0. The molecule has 0 saturated carbocycles. The molecule has 2 heterocycles. The SMILES string of the molecule is Brc1ncc[c]c1-c1ccccc1N1CCOCC1. The first kappa shape index (κ1) is 12.6. The number of para-hydroxylation sites is 1. The van der Waals surface area contributed by atoms with Crippen LogP contribution in [0.25, 0.3) is 11.1 Å². The predicted octanol–water partition coefficient (Wildman–Crippen LogP) is 3.15. The normalized spacial score (nSPS) is 15.5. The molecule has 3 nitrogen and oxygen atoms in total. The number of ether oxygens (including phenoxy) is 1. The van der Waals surface area contributed by atoms with Crippen molar-refractivity contribution in [2.45, 2.75) is 0 Å². The molecule has 0 atom stereocenters. The minimum atomic E-state index is 0.784. The molecule has 1 radical (unpaired) electrons. The zero-order valence-electron chi connectivity index (χ0n) is 10.5. The Labute approximate surface area is 121 Å². The zero-order valence-corrected chi connectivity index (χ0v) is 12.1. The van der Waals surface area contributed by atoms with E-state index in [2.05, 4.69) is 50.1 Å². The van der Waals surface area contributed by atoms with Gasteiger partial charge in [0.25, 0.3) is 0 Å².